The molecule has 0 fully saturated rings. The summed E-state index contributed by atoms with van der Waals surface area (Å²) in [5.41, 5.74) is 2.58. The van der Waals surface area contributed by atoms with Crippen LogP contribution in [-0.4, -0.2) is 44.3 Å². The zero-order valence-corrected chi connectivity index (χ0v) is 13.5. The van der Waals surface area contributed by atoms with E-state index in [0.29, 0.717) is 6.04 Å². The van der Waals surface area contributed by atoms with E-state index in [0.717, 1.165) is 13.0 Å². The summed E-state index contributed by atoms with van der Waals surface area (Å²) in [6.07, 6.45) is 4.92. The van der Waals surface area contributed by atoms with Crippen LogP contribution in [0.4, 0.5) is 5.69 Å². The number of unbranched alkanes of at least 4 members (excludes halogenated alkanes) is 2. The summed E-state index contributed by atoms with van der Waals surface area (Å²) in [5.74, 6) is 0. The van der Waals surface area contributed by atoms with Gasteiger partial charge in [0.15, 0.2) is 0 Å². The van der Waals surface area contributed by atoms with Gasteiger partial charge in [0.25, 0.3) is 0 Å². The molecule has 1 rings (SSSR count). The fraction of sp³-hybridized carbons (Fsp3) is 0.647. The molecule has 114 valence electrons. The molecule has 0 aliphatic carbocycles. The third kappa shape index (κ3) is 5.14. The van der Waals surface area contributed by atoms with Crippen LogP contribution in [0.15, 0.2) is 24.3 Å². The molecule has 0 saturated carbocycles. The average Bonchev–Trinajstić information content (AvgIpc) is 2.44. The first-order valence-corrected chi connectivity index (χ1v) is 7.68. The molecule has 0 bridgehead atoms. The van der Waals surface area contributed by atoms with E-state index in [1.54, 1.807) is 0 Å². The van der Waals surface area contributed by atoms with E-state index in [1.165, 1.54) is 30.5 Å². The molecule has 0 aromatic heterocycles. The number of likely N-dealkylation sites (N-methyl/N-ethyl adjacent to an activating group) is 1. The number of benzene rings is 1. The maximum Gasteiger partial charge on any atom is 0.0558 e. The molecule has 1 aromatic carbocycles. The number of hydrogen-bond acceptors (Lipinski definition) is 3. The molecule has 0 radical (unpaired) electrons. The van der Waals surface area contributed by atoms with Gasteiger partial charge >= 0.3 is 0 Å². The molecular weight excluding hydrogens is 248 g/mol. The lowest BCUT2D eigenvalue weighted by molar-refractivity contribution is 0.172. The highest BCUT2D eigenvalue weighted by Crippen LogP contribution is 2.27. The van der Waals surface area contributed by atoms with Crippen molar-refractivity contribution in [1.82, 2.24) is 4.90 Å². The van der Waals surface area contributed by atoms with Gasteiger partial charge in [-0.1, -0.05) is 38.3 Å². The van der Waals surface area contributed by atoms with Crippen molar-refractivity contribution in [3.8, 4) is 0 Å². The maximum absolute atomic E-state index is 9.17. The monoisotopic (exact) mass is 278 g/mol. The molecule has 1 aromatic rings. The first kappa shape index (κ1) is 17.0. The van der Waals surface area contributed by atoms with Gasteiger partial charge in [0.05, 0.1) is 6.61 Å². The van der Waals surface area contributed by atoms with Crippen molar-refractivity contribution in [2.45, 2.75) is 38.6 Å². The molecule has 1 unspecified atom stereocenters. The van der Waals surface area contributed by atoms with Crippen molar-refractivity contribution in [2.75, 3.05) is 39.2 Å². The van der Waals surface area contributed by atoms with Gasteiger partial charge < -0.3 is 10.0 Å². The van der Waals surface area contributed by atoms with E-state index < -0.39 is 0 Å². The second-order valence-electron chi connectivity index (χ2n) is 5.70. The van der Waals surface area contributed by atoms with E-state index >= 15 is 0 Å². The van der Waals surface area contributed by atoms with Crippen LogP contribution in [0.5, 0.6) is 0 Å². The summed E-state index contributed by atoms with van der Waals surface area (Å²) < 4.78 is 0. The predicted octanol–water partition coefficient (Wildman–Crippen LogP) is 3.30. The third-order valence-corrected chi connectivity index (χ3v) is 3.86. The Labute approximate surface area is 124 Å². The van der Waals surface area contributed by atoms with Crippen LogP contribution in [0.1, 0.15) is 44.2 Å². The van der Waals surface area contributed by atoms with Crippen molar-refractivity contribution >= 4 is 5.69 Å². The Morgan fingerprint density at radius 1 is 1.05 bits per heavy atom. The maximum atomic E-state index is 9.17. The van der Waals surface area contributed by atoms with E-state index in [4.69, 9.17) is 0 Å². The van der Waals surface area contributed by atoms with E-state index in [2.05, 4.69) is 62.1 Å². The Kier molecular flexibility index (Phi) is 7.63. The normalized spacial score (nSPS) is 12.7. The van der Waals surface area contributed by atoms with Gasteiger partial charge in [0, 0.05) is 32.4 Å². The quantitative estimate of drug-likeness (QED) is 0.702. The first-order chi connectivity index (χ1) is 9.60. The molecule has 20 heavy (non-hydrogen) atoms. The van der Waals surface area contributed by atoms with Gasteiger partial charge in [0.1, 0.15) is 0 Å². The molecule has 3 nitrogen and oxygen atoms in total. The highest BCUT2D eigenvalue weighted by molar-refractivity contribution is 5.46. The molecule has 3 heteroatoms. The molecule has 0 aliphatic rings. The van der Waals surface area contributed by atoms with Crippen LogP contribution in [0.3, 0.4) is 0 Å². The lowest BCUT2D eigenvalue weighted by Gasteiger charge is -2.28. The third-order valence-electron chi connectivity index (χ3n) is 3.86. The lowest BCUT2D eigenvalue weighted by Crippen LogP contribution is -2.27. The molecular formula is C17H30N2O. The zero-order valence-electron chi connectivity index (χ0n) is 13.5. The number of hydrogen-bond donors (Lipinski definition) is 1. The van der Waals surface area contributed by atoms with Gasteiger partial charge in [0.2, 0.25) is 0 Å². The largest absolute Gasteiger partial charge is 0.395 e. The average molecular weight is 278 g/mol. The van der Waals surface area contributed by atoms with Crippen molar-refractivity contribution in [3.05, 3.63) is 29.8 Å². The molecule has 0 amide bonds. The summed E-state index contributed by atoms with van der Waals surface area (Å²) in [5, 5.41) is 9.17. The predicted molar refractivity (Wildman–Crippen MR) is 87.4 cm³/mol. The number of aliphatic hydroxyl groups excluding tert-OH is 1. The Balaban J connectivity index is 2.79. The zero-order chi connectivity index (χ0) is 15.0. The van der Waals surface area contributed by atoms with Crippen molar-refractivity contribution < 1.29 is 5.11 Å². The molecule has 1 N–H and O–H groups in total. The minimum Gasteiger partial charge on any atom is -0.395 e. The highest BCUT2D eigenvalue weighted by atomic mass is 16.3. The van der Waals surface area contributed by atoms with Gasteiger partial charge in [-0.3, -0.25) is 4.90 Å². The second kappa shape index (κ2) is 8.98. The first-order valence-electron chi connectivity index (χ1n) is 7.68. The SMILES string of the molecule is CCCCCC(c1ccc(N(C)C)cc1)N(C)CCO. The number of aliphatic hydroxyl groups is 1. The Bertz CT molecular complexity index is 362. The minimum absolute atomic E-state index is 0.219. The highest BCUT2D eigenvalue weighted by Gasteiger charge is 2.16. The van der Waals surface area contributed by atoms with Gasteiger partial charge in [-0.25, -0.2) is 0 Å². The van der Waals surface area contributed by atoms with Crippen LogP contribution >= 0.6 is 0 Å². The summed E-state index contributed by atoms with van der Waals surface area (Å²) in [6.45, 7) is 3.18. The molecule has 0 saturated heterocycles. The van der Waals surface area contributed by atoms with E-state index in [1.807, 2.05) is 0 Å². The Hall–Kier alpha value is -1.06. The summed E-state index contributed by atoms with van der Waals surface area (Å²) in [6, 6.07) is 9.20. The minimum atomic E-state index is 0.219. The number of rotatable bonds is 9. The van der Waals surface area contributed by atoms with E-state index in [9.17, 15) is 5.11 Å². The number of anilines is 1. The van der Waals surface area contributed by atoms with Crippen molar-refractivity contribution in [3.63, 3.8) is 0 Å². The Morgan fingerprint density at radius 3 is 2.20 bits per heavy atom. The topological polar surface area (TPSA) is 26.7 Å². The number of nitrogens with zero attached hydrogens (tertiary/aromatic N) is 2. The van der Waals surface area contributed by atoms with E-state index in [-0.39, 0.29) is 6.61 Å². The fourth-order valence-electron chi connectivity index (χ4n) is 2.54. The second-order valence-corrected chi connectivity index (χ2v) is 5.70. The van der Waals surface area contributed by atoms with Crippen LogP contribution in [-0.2, 0) is 0 Å². The van der Waals surface area contributed by atoms with Crippen LogP contribution in [0.25, 0.3) is 0 Å². The lowest BCUT2D eigenvalue weighted by atomic mass is 9.98. The van der Waals surface area contributed by atoms with Crippen LogP contribution in [0, 0.1) is 0 Å². The Morgan fingerprint density at radius 2 is 1.70 bits per heavy atom. The summed E-state index contributed by atoms with van der Waals surface area (Å²) in [4.78, 5) is 4.38. The van der Waals surface area contributed by atoms with Crippen molar-refractivity contribution in [2.24, 2.45) is 0 Å². The van der Waals surface area contributed by atoms with Crippen LogP contribution in [0.2, 0.25) is 0 Å². The standard InChI is InChI=1S/C17H30N2O/c1-5-6-7-8-17(19(4)13-14-20)15-9-11-16(12-10-15)18(2)3/h9-12,17,20H,5-8,13-14H2,1-4H3. The van der Waals surface area contributed by atoms with Crippen molar-refractivity contribution in [1.29, 1.82) is 0 Å². The van der Waals surface area contributed by atoms with Crippen LogP contribution < -0.4 is 4.90 Å². The smallest absolute Gasteiger partial charge is 0.0558 e. The molecule has 1 atom stereocenters. The van der Waals surface area contributed by atoms with Gasteiger partial charge in [-0.05, 0) is 31.2 Å². The summed E-state index contributed by atoms with van der Waals surface area (Å²) >= 11 is 0. The van der Waals surface area contributed by atoms with Gasteiger partial charge in [-0.15, -0.1) is 0 Å². The molecule has 0 spiro atoms. The molecule has 0 heterocycles. The molecule has 0 aliphatic heterocycles. The van der Waals surface area contributed by atoms with Gasteiger partial charge in [-0.2, -0.15) is 0 Å². The summed E-state index contributed by atoms with van der Waals surface area (Å²) in [7, 11) is 6.23. The fourth-order valence-corrected chi connectivity index (χ4v) is 2.54.